The molecule has 0 atom stereocenters. The molecule has 0 amide bonds. The van der Waals surface area contributed by atoms with Gasteiger partial charge in [-0.2, -0.15) is 0 Å². The number of nitrogens with zero attached hydrogens (tertiary/aromatic N) is 1. The Balaban J connectivity index is 2.83. The van der Waals surface area contributed by atoms with E-state index in [0.717, 1.165) is 18.2 Å². The molecule has 0 bridgehead atoms. The fourth-order valence-electron chi connectivity index (χ4n) is 1.21. The maximum absolute atomic E-state index is 12.8. The standard InChI is InChI=1S/C9H4FNO4/c10-6-1-2-8-5(3-6)4-7(11(13)14)9(12)15-8/h1-4H. The molecule has 2 rings (SSSR count). The molecular weight excluding hydrogens is 205 g/mol. The maximum Gasteiger partial charge on any atom is 0.415 e. The monoisotopic (exact) mass is 209 g/mol. The lowest BCUT2D eigenvalue weighted by atomic mass is 10.2. The first-order chi connectivity index (χ1) is 7.08. The minimum atomic E-state index is -1.04. The minimum Gasteiger partial charge on any atom is -0.418 e. The van der Waals surface area contributed by atoms with Gasteiger partial charge in [-0.15, -0.1) is 0 Å². The predicted octanol–water partition coefficient (Wildman–Crippen LogP) is 1.84. The van der Waals surface area contributed by atoms with E-state index < -0.39 is 22.1 Å². The van der Waals surface area contributed by atoms with Gasteiger partial charge in [0.1, 0.15) is 11.4 Å². The second-order valence-corrected chi connectivity index (χ2v) is 2.86. The number of benzene rings is 1. The van der Waals surface area contributed by atoms with Gasteiger partial charge in [0.2, 0.25) is 0 Å². The van der Waals surface area contributed by atoms with Gasteiger partial charge in [-0.05, 0) is 18.2 Å². The molecule has 0 spiro atoms. The lowest BCUT2D eigenvalue weighted by molar-refractivity contribution is -0.387. The highest BCUT2D eigenvalue weighted by Crippen LogP contribution is 2.17. The molecule has 0 saturated carbocycles. The van der Waals surface area contributed by atoms with Crippen LogP contribution in [0.5, 0.6) is 0 Å². The van der Waals surface area contributed by atoms with Crippen LogP contribution in [-0.4, -0.2) is 4.92 Å². The smallest absolute Gasteiger partial charge is 0.415 e. The first-order valence-corrected chi connectivity index (χ1v) is 3.96. The molecule has 0 N–H and O–H groups in total. The van der Waals surface area contributed by atoms with Crippen molar-refractivity contribution < 1.29 is 13.7 Å². The summed E-state index contributed by atoms with van der Waals surface area (Å²) in [4.78, 5) is 20.6. The summed E-state index contributed by atoms with van der Waals surface area (Å²) >= 11 is 0. The summed E-state index contributed by atoms with van der Waals surface area (Å²) in [5, 5.41) is 10.6. The van der Waals surface area contributed by atoms with Gasteiger partial charge in [0.05, 0.1) is 4.92 Å². The number of hydrogen-bond acceptors (Lipinski definition) is 4. The van der Waals surface area contributed by atoms with Gasteiger partial charge in [-0.1, -0.05) is 0 Å². The van der Waals surface area contributed by atoms with Crippen molar-refractivity contribution in [3.8, 4) is 0 Å². The highest BCUT2D eigenvalue weighted by atomic mass is 19.1. The third kappa shape index (κ3) is 1.56. The fourth-order valence-corrected chi connectivity index (χ4v) is 1.21. The van der Waals surface area contributed by atoms with Crippen LogP contribution in [0.15, 0.2) is 33.5 Å². The number of rotatable bonds is 1. The van der Waals surface area contributed by atoms with Crippen molar-refractivity contribution in [2.75, 3.05) is 0 Å². The van der Waals surface area contributed by atoms with E-state index in [2.05, 4.69) is 4.42 Å². The van der Waals surface area contributed by atoms with E-state index in [4.69, 9.17) is 0 Å². The van der Waals surface area contributed by atoms with Gasteiger partial charge < -0.3 is 4.42 Å². The highest BCUT2D eigenvalue weighted by molar-refractivity contribution is 5.78. The molecule has 0 aliphatic carbocycles. The Morgan fingerprint density at radius 2 is 2.07 bits per heavy atom. The van der Waals surface area contributed by atoms with Crippen LogP contribution in [0.4, 0.5) is 10.1 Å². The molecule has 0 unspecified atom stereocenters. The van der Waals surface area contributed by atoms with Crippen LogP contribution >= 0.6 is 0 Å². The normalized spacial score (nSPS) is 10.5. The molecule has 2 aromatic rings. The second-order valence-electron chi connectivity index (χ2n) is 2.86. The van der Waals surface area contributed by atoms with Gasteiger partial charge in [-0.25, -0.2) is 9.18 Å². The molecular formula is C9H4FNO4. The van der Waals surface area contributed by atoms with E-state index >= 15 is 0 Å². The van der Waals surface area contributed by atoms with Crippen molar-refractivity contribution >= 4 is 16.7 Å². The summed E-state index contributed by atoms with van der Waals surface area (Å²) in [6.07, 6.45) is 0. The number of nitro groups is 1. The van der Waals surface area contributed by atoms with E-state index in [9.17, 15) is 19.3 Å². The molecule has 0 radical (unpaired) electrons. The Kier molecular flexibility index (Phi) is 1.96. The van der Waals surface area contributed by atoms with E-state index in [1.807, 2.05) is 0 Å². The lowest BCUT2D eigenvalue weighted by Gasteiger charge is -1.95. The Labute approximate surface area is 81.9 Å². The summed E-state index contributed by atoms with van der Waals surface area (Å²) in [7, 11) is 0. The van der Waals surface area contributed by atoms with Crippen LogP contribution in [-0.2, 0) is 0 Å². The highest BCUT2D eigenvalue weighted by Gasteiger charge is 2.15. The van der Waals surface area contributed by atoms with Crippen molar-refractivity contribution in [1.82, 2.24) is 0 Å². The fraction of sp³-hybridized carbons (Fsp3) is 0. The van der Waals surface area contributed by atoms with Gasteiger partial charge in [0, 0.05) is 11.5 Å². The van der Waals surface area contributed by atoms with E-state index in [1.54, 1.807) is 0 Å². The summed E-state index contributed by atoms with van der Waals surface area (Å²) in [5.41, 5.74) is -1.63. The SMILES string of the molecule is O=c1oc2ccc(F)cc2cc1[N+](=O)[O-]. The third-order valence-corrected chi connectivity index (χ3v) is 1.87. The Morgan fingerprint density at radius 3 is 2.73 bits per heavy atom. The van der Waals surface area contributed by atoms with E-state index in [0.29, 0.717) is 0 Å². The number of halogens is 1. The Bertz CT molecular complexity index is 605. The molecule has 1 aromatic heterocycles. The topological polar surface area (TPSA) is 73.3 Å². The van der Waals surface area contributed by atoms with Gasteiger partial charge in [-0.3, -0.25) is 10.1 Å². The van der Waals surface area contributed by atoms with Crippen molar-refractivity contribution in [1.29, 1.82) is 0 Å². The maximum atomic E-state index is 12.8. The molecule has 1 aromatic carbocycles. The van der Waals surface area contributed by atoms with Crippen LogP contribution in [0.3, 0.4) is 0 Å². The molecule has 15 heavy (non-hydrogen) atoms. The van der Waals surface area contributed by atoms with Crippen LogP contribution < -0.4 is 5.63 Å². The molecule has 0 aliphatic heterocycles. The van der Waals surface area contributed by atoms with Crippen LogP contribution in [0.2, 0.25) is 0 Å². The third-order valence-electron chi connectivity index (χ3n) is 1.87. The second kappa shape index (κ2) is 3.16. The molecule has 6 heteroatoms. The molecule has 5 nitrogen and oxygen atoms in total. The minimum absolute atomic E-state index is 0.118. The van der Waals surface area contributed by atoms with Gasteiger partial charge >= 0.3 is 11.3 Å². The Morgan fingerprint density at radius 1 is 1.33 bits per heavy atom. The quantitative estimate of drug-likeness (QED) is 0.408. The van der Waals surface area contributed by atoms with Crippen LogP contribution in [0.1, 0.15) is 0 Å². The first-order valence-electron chi connectivity index (χ1n) is 3.96. The average molecular weight is 209 g/mol. The molecule has 1 heterocycles. The molecule has 0 saturated heterocycles. The molecule has 76 valence electrons. The van der Waals surface area contributed by atoms with E-state index in [-0.39, 0.29) is 11.0 Å². The zero-order valence-electron chi connectivity index (χ0n) is 7.27. The van der Waals surface area contributed by atoms with Crippen molar-refractivity contribution in [2.24, 2.45) is 0 Å². The van der Waals surface area contributed by atoms with Gasteiger partial charge in [0.15, 0.2) is 0 Å². The Hall–Kier alpha value is -2.24. The number of fused-ring (bicyclic) bond motifs is 1. The molecule has 0 aliphatic rings. The summed E-state index contributed by atoms with van der Waals surface area (Å²) in [5.74, 6) is -0.550. The van der Waals surface area contributed by atoms with Crippen molar-refractivity contribution in [3.63, 3.8) is 0 Å². The van der Waals surface area contributed by atoms with Crippen molar-refractivity contribution in [2.45, 2.75) is 0 Å². The lowest BCUT2D eigenvalue weighted by Crippen LogP contribution is -2.05. The molecule has 0 fully saturated rings. The van der Waals surface area contributed by atoms with Crippen LogP contribution in [0, 0.1) is 15.9 Å². The number of hydrogen-bond donors (Lipinski definition) is 0. The average Bonchev–Trinajstić information content (AvgIpc) is 2.17. The first kappa shape index (κ1) is 9.32. The van der Waals surface area contributed by atoms with E-state index in [1.165, 1.54) is 6.07 Å². The summed E-state index contributed by atoms with van der Waals surface area (Å²) in [6, 6.07) is 4.41. The van der Waals surface area contributed by atoms with Crippen LogP contribution in [0.25, 0.3) is 11.0 Å². The summed E-state index contributed by atoms with van der Waals surface area (Å²) < 4.78 is 17.4. The summed E-state index contributed by atoms with van der Waals surface area (Å²) in [6.45, 7) is 0. The van der Waals surface area contributed by atoms with Crippen molar-refractivity contribution in [3.05, 3.63) is 50.6 Å². The largest absolute Gasteiger partial charge is 0.418 e. The zero-order valence-corrected chi connectivity index (χ0v) is 7.27. The predicted molar refractivity (Wildman–Crippen MR) is 49.1 cm³/mol. The van der Waals surface area contributed by atoms with Gasteiger partial charge in [0.25, 0.3) is 0 Å². The zero-order chi connectivity index (χ0) is 11.0.